The molecule has 132 valence electrons. The molecule has 0 saturated carbocycles. The van der Waals surface area contributed by atoms with Crippen molar-refractivity contribution in [2.75, 3.05) is 13.2 Å². The van der Waals surface area contributed by atoms with E-state index in [1.807, 2.05) is 25.1 Å². The Morgan fingerprint density at radius 1 is 1.28 bits per heavy atom. The largest absolute Gasteiger partial charge is 0.386 e. The molecule has 1 heterocycles. The average Bonchev–Trinajstić information content (AvgIpc) is 2.54. The van der Waals surface area contributed by atoms with Gasteiger partial charge in [-0.2, -0.15) is 0 Å². The van der Waals surface area contributed by atoms with Crippen molar-refractivity contribution in [1.29, 1.82) is 0 Å². The molecule has 0 aliphatic carbocycles. The number of ether oxygens (including phenoxy) is 1. The fourth-order valence-electron chi connectivity index (χ4n) is 3.20. The van der Waals surface area contributed by atoms with Crippen LogP contribution >= 0.6 is 11.6 Å². The van der Waals surface area contributed by atoms with Crippen LogP contribution in [0.3, 0.4) is 0 Å². The number of aryl methyl sites for hydroxylation is 1. The summed E-state index contributed by atoms with van der Waals surface area (Å²) in [5, 5.41) is 0.611. The van der Waals surface area contributed by atoms with Crippen LogP contribution in [0.25, 0.3) is 11.1 Å². The van der Waals surface area contributed by atoms with Crippen LogP contribution in [-0.4, -0.2) is 19.0 Å². The van der Waals surface area contributed by atoms with Crippen molar-refractivity contribution >= 4 is 17.4 Å². The van der Waals surface area contributed by atoms with Gasteiger partial charge in [0.2, 0.25) is 0 Å². The van der Waals surface area contributed by atoms with E-state index in [2.05, 4.69) is 11.9 Å². The Morgan fingerprint density at radius 3 is 2.80 bits per heavy atom. The maximum absolute atomic E-state index is 14.5. The van der Waals surface area contributed by atoms with Crippen LogP contribution in [0.5, 0.6) is 0 Å². The van der Waals surface area contributed by atoms with Gasteiger partial charge in [0.15, 0.2) is 0 Å². The molecule has 1 aliphatic rings. The minimum Gasteiger partial charge on any atom is -0.386 e. The second-order valence-corrected chi connectivity index (χ2v) is 7.10. The van der Waals surface area contributed by atoms with Crippen molar-refractivity contribution in [3.05, 3.63) is 58.4 Å². The zero-order valence-corrected chi connectivity index (χ0v) is 15.2. The molecule has 1 unspecified atom stereocenters. The summed E-state index contributed by atoms with van der Waals surface area (Å²) in [5.74, 6) is 0.165. The first-order chi connectivity index (χ1) is 11.9. The molecule has 0 radical (unpaired) electrons. The van der Waals surface area contributed by atoms with E-state index in [0.29, 0.717) is 29.6 Å². The highest BCUT2D eigenvalue weighted by molar-refractivity contribution is 6.31. The highest BCUT2D eigenvalue weighted by atomic mass is 35.5. The van der Waals surface area contributed by atoms with Gasteiger partial charge in [-0.05, 0) is 54.3 Å². The number of benzene rings is 2. The lowest BCUT2D eigenvalue weighted by molar-refractivity contribution is 0.106. The molecular formula is C20H22ClFN2O. The first-order valence-corrected chi connectivity index (χ1v) is 8.81. The average molecular weight is 361 g/mol. The van der Waals surface area contributed by atoms with Crippen LogP contribution in [-0.2, 0) is 16.7 Å². The Labute approximate surface area is 152 Å². The molecule has 0 saturated heterocycles. The molecule has 2 aromatic rings. The molecule has 0 amide bonds. The van der Waals surface area contributed by atoms with E-state index in [0.717, 1.165) is 29.5 Å². The van der Waals surface area contributed by atoms with Crippen molar-refractivity contribution < 1.29 is 9.13 Å². The second-order valence-electron chi connectivity index (χ2n) is 6.66. The van der Waals surface area contributed by atoms with E-state index in [1.54, 1.807) is 12.1 Å². The minimum atomic E-state index is -0.615. The number of halogens is 2. The fraction of sp³-hybridized carbons (Fsp3) is 0.350. The maximum atomic E-state index is 14.5. The summed E-state index contributed by atoms with van der Waals surface area (Å²) in [7, 11) is 0. The third-order valence-corrected chi connectivity index (χ3v) is 4.64. The number of aliphatic imine (C=N–C) groups is 1. The molecule has 0 aromatic heterocycles. The third kappa shape index (κ3) is 3.86. The summed E-state index contributed by atoms with van der Waals surface area (Å²) in [6.07, 6.45) is 1.91. The van der Waals surface area contributed by atoms with Crippen molar-refractivity contribution in [1.82, 2.24) is 0 Å². The van der Waals surface area contributed by atoms with Gasteiger partial charge in [0.05, 0.1) is 6.61 Å². The molecule has 3 nitrogen and oxygen atoms in total. The van der Waals surface area contributed by atoms with Gasteiger partial charge in [-0.15, -0.1) is 0 Å². The van der Waals surface area contributed by atoms with Crippen LogP contribution in [0.2, 0.25) is 5.02 Å². The van der Waals surface area contributed by atoms with Crippen LogP contribution in [0, 0.1) is 5.82 Å². The zero-order valence-electron chi connectivity index (χ0n) is 14.5. The number of nitrogens with two attached hydrogens (primary N) is 1. The SMILES string of the molecule is CCCc1cc(Cl)cc(-c2cc(C3(C)COCC(N)=N3)ccc2F)c1. The van der Waals surface area contributed by atoms with Crippen molar-refractivity contribution in [2.24, 2.45) is 10.7 Å². The molecule has 2 aromatic carbocycles. The van der Waals surface area contributed by atoms with Crippen LogP contribution < -0.4 is 5.73 Å². The molecule has 0 bridgehead atoms. The summed E-state index contributed by atoms with van der Waals surface area (Å²) in [6, 6.07) is 10.7. The number of nitrogens with zero attached hydrogens (tertiary/aromatic N) is 1. The Bertz CT molecular complexity index is 821. The first-order valence-electron chi connectivity index (χ1n) is 8.43. The zero-order chi connectivity index (χ0) is 18.0. The summed E-state index contributed by atoms with van der Waals surface area (Å²) in [5.41, 5.74) is 8.47. The van der Waals surface area contributed by atoms with E-state index in [1.165, 1.54) is 6.07 Å². The van der Waals surface area contributed by atoms with E-state index in [9.17, 15) is 4.39 Å². The predicted molar refractivity (Wildman–Crippen MR) is 101 cm³/mol. The third-order valence-electron chi connectivity index (χ3n) is 4.42. The van der Waals surface area contributed by atoms with Gasteiger partial charge in [0.25, 0.3) is 0 Å². The highest BCUT2D eigenvalue weighted by Crippen LogP contribution is 2.34. The van der Waals surface area contributed by atoms with Gasteiger partial charge in [0.1, 0.15) is 23.8 Å². The van der Waals surface area contributed by atoms with Gasteiger partial charge >= 0.3 is 0 Å². The molecular weight excluding hydrogens is 339 g/mol. The summed E-state index contributed by atoms with van der Waals surface area (Å²) in [4.78, 5) is 4.53. The number of hydrogen-bond acceptors (Lipinski definition) is 3. The lowest BCUT2D eigenvalue weighted by atomic mass is 9.89. The Balaban J connectivity index is 2.08. The molecule has 0 fully saturated rings. The molecule has 3 rings (SSSR count). The Morgan fingerprint density at radius 2 is 2.08 bits per heavy atom. The second kappa shape index (κ2) is 7.14. The lowest BCUT2D eigenvalue weighted by Crippen LogP contribution is -2.37. The van der Waals surface area contributed by atoms with E-state index in [4.69, 9.17) is 22.1 Å². The number of hydrogen-bond donors (Lipinski definition) is 1. The van der Waals surface area contributed by atoms with Gasteiger partial charge in [-0.3, -0.25) is 4.99 Å². The van der Waals surface area contributed by atoms with Crippen molar-refractivity contribution in [2.45, 2.75) is 32.2 Å². The first kappa shape index (κ1) is 17.9. The molecule has 5 heteroatoms. The van der Waals surface area contributed by atoms with Gasteiger partial charge in [-0.1, -0.05) is 37.1 Å². The monoisotopic (exact) mass is 360 g/mol. The van der Waals surface area contributed by atoms with Gasteiger partial charge in [0, 0.05) is 10.6 Å². The fourth-order valence-corrected chi connectivity index (χ4v) is 3.46. The van der Waals surface area contributed by atoms with Gasteiger partial charge in [-0.25, -0.2) is 4.39 Å². The van der Waals surface area contributed by atoms with E-state index < -0.39 is 5.54 Å². The standard InChI is InChI=1S/C20H22ClFN2O/c1-3-4-13-7-14(9-16(21)8-13)17-10-15(5-6-18(17)22)20(2)12-25-11-19(23)24-20/h5-10H,3-4,11-12H2,1-2H3,(H2,23,24). The van der Waals surface area contributed by atoms with E-state index >= 15 is 0 Å². The lowest BCUT2D eigenvalue weighted by Gasteiger charge is -2.30. The van der Waals surface area contributed by atoms with E-state index in [-0.39, 0.29) is 5.82 Å². The highest BCUT2D eigenvalue weighted by Gasteiger charge is 2.30. The number of amidine groups is 1. The Kier molecular flexibility index (Phi) is 5.11. The maximum Gasteiger partial charge on any atom is 0.131 e. The normalized spacial score (nSPS) is 20.4. The molecule has 25 heavy (non-hydrogen) atoms. The van der Waals surface area contributed by atoms with Crippen LogP contribution in [0.4, 0.5) is 4.39 Å². The molecule has 2 N–H and O–H groups in total. The topological polar surface area (TPSA) is 47.6 Å². The molecule has 0 spiro atoms. The summed E-state index contributed by atoms with van der Waals surface area (Å²) < 4.78 is 20.1. The summed E-state index contributed by atoms with van der Waals surface area (Å²) in [6.45, 7) is 4.79. The minimum absolute atomic E-state index is 0.286. The predicted octanol–water partition coefficient (Wildman–Crippen LogP) is 4.70. The molecule has 1 aliphatic heterocycles. The summed E-state index contributed by atoms with van der Waals surface area (Å²) >= 11 is 6.24. The Hall–Kier alpha value is -1.91. The van der Waals surface area contributed by atoms with Crippen LogP contribution in [0.1, 0.15) is 31.4 Å². The van der Waals surface area contributed by atoms with Gasteiger partial charge < -0.3 is 10.5 Å². The smallest absolute Gasteiger partial charge is 0.131 e. The quantitative estimate of drug-likeness (QED) is 0.858. The van der Waals surface area contributed by atoms with Crippen LogP contribution in [0.15, 0.2) is 41.4 Å². The molecule has 1 atom stereocenters. The number of rotatable bonds is 4. The van der Waals surface area contributed by atoms with Crippen molar-refractivity contribution in [3.8, 4) is 11.1 Å². The van der Waals surface area contributed by atoms with Crippen molar-refractivity contribution in [3.63, 3.8) is 0 Å².